The predicted octanol–water partition coefficient (Wildman–Crippen LogP) is 2.69. The van der Waals surface area contributed by atoms with Gasteiger partial charge in [0.05, 0.1) is 6.10 Å². The lowest BCUT2D eigenvalue weighted by molar-refractivity contribution is -0.142. The Bertz CT molecular complexity index is 385. The molecule has 22 heavy (non-hydrogen) atoms. The second-order valence-corrected chi connectivity index (χ2v) is 6.89. The number of carbonyl (C=O) groups excluding carboxylic acids is 1. The fourth-order valence-corrected chi connectivity index (χ4v) is 3.65. The second-order valence-electron chi connectivity index (χ2n) is 6.89. The van der Waals surface area contributed by atoms with Gasteiger partial charge in [-0.05, 0) is 43.9 Å². The molecule has 2 aliphatic rings. The number of rotatable bonds is 6. The number of carbonyl (C=O) groups is 2. The van der Waals surface area contributed by atoms with E-state index in [9.17, 15) is 9.59 Å². The third-order valence-electron chi connectivity index (χ3n) is 5.09. The van der Waals surface area contributed by atoms with E-state index >= 15 is 0 Å². The first-order chi connectivity index (χ1) is 10.6. The van der Waals surface area contributed by atoms with Gasteiger partial charge in [0.1, 0.15) is 6.61 Å². The van der Waals surface area contributed by atoms with Crippen LogP contribution in [0, 0.1) is 11.8 Å². The zero-order valence-electron chi connectivity index (χ0n) is 13.6. The summed E-state index contributed by atoms with van der Waals surface area (Å²) < 4.78 is 5.86. The van der Waals surface area contributed by atoms with Crippen LogP contribution < -0.4 is 0 Å². The van der Waals surface area contributed by atoms with Crippen molar-refractivity contribution in [3.8, 4) is 0 Å². The highest BCUT2D eigenvalue weighted by Crippen LogP contribution is 2.26. The van der Waals surface area contributed by atoms with Gasteiger partial charge in [0.15, 0.2) is 0 Å². The predicted molar refractivity (Wildman–Crippen MR) is 83.5 cm³/mol. The van der Waals surface area contributed by atoms with Crippen LogP contribution in [0.25, 0.3) is 0 Å². The summed E-state index contributed by atoms with van der Waals surface area (Å²) in [5.41, 5.74) is 0. The number of ether oxygens (including phenoxy) is 1. The van der Waals surface area contributed by atoms with E-state index in [0.29, 0.717) is 24.8 Å². The summed E-state index contributed by atoms with van der Waals surface area (Å²) in [4.78, 5) is 24.8. The van der Waals surface area contributed by atoms with Crippen LogP contribution in [0.1, 0.15) is 58.3 Å². The van der Waals surface area contributed by atoms with Crippen molar-refractivity contribution in [1.29, 1.82) is 0 Å². The average Bonchev–Trinajstić information content (AvgIpc) is 2.52. The molecular weight excluding hydrogens is 282 g/mol. The van der Waals surface area contributed by atoms with Crippen LogP contribution >= 0.6 is 0 Å². The van der Waals surface area contributed by atoms with Gasteiger partial charge in [0.2, 0.25) is 5.91 Å². The Morgan fingerprint density at radius 2 is 1.95 bits per heavy atom. The molecule has 5 nitrogen and oxygen atoms in total. The molecule has 1 N–H and O–H groups in total. The number of likely N-dealkylation sites (tertiary alicyclic amines) is 1. The Labute approximate surface area is 133 Å². The number of hydrogen-bond acceptors (Lipinski definition) is 3. The van der Waals surface area contributed by atoms with E-state index in [1.54, 1.807) is 0 Å². The number of hydrogen-bond donors (Lipinski definition) is 1. The van der Waals surface area contributed by atoms with Crippen molar-refractivity contribution < 1.29 is 19.4 Å². The first-order valence-electron chi connectivity index (χ1n) is 8.67. The summed E-state index contributed by atoms with van der Waals surface area (Å²) >= 11 is 0. The quantitative estimate of drug-likeness (QED) is 0.819. The lowest BCUT2D eigenvalue weighted by Gasteiger charge is -2.34. The van der Waals surface area contributed by atoms with E-state index in [2.05, 4.69) is 6.92 Å². The largest absolute Gasteiger partial charge is 0.481 e. The molecule has 126 valence electrons. The number of aliphatic carboxylic acids is 1. The van der Waals surface area contributed by atoms with Crippen LogP contribution in [-0.2, 0) is 14.3 Å². The van der Waals surface area contributed by atoms with Gasteiger partial charge in [-0.1, -0.05) is 19.8 Å². The lowest BCUT2D eigenvalue weighted by atomic mass is 9.88. The van der Waals surface area contributed by atoms with Crippen LogP contribution in [0.5, 0.6) is 0 Å². The van der Waals surface area contributed by atoms with Crippen molar-refractivity contribution in [3.05, 3.63) is 0 Å². The van der Waals surface area contributed by atoms with E-state index in [1.807, 2.05) is 4.90 Å². The molecule has 1 aliphatic carbocycles. The summed E-state index contributed by atoms with van der Waals surface area (Å²) in [5, 5.41) is 8.77. The molecule has 0 aromatic carbocycles. The highest BCUT2D eigenvalue weighted by Gasteiger charge is 2.26. The van der Waals surface area contributed by atoms with E-state index in [1.165, 1.54) is 19.3 Å². The first kappa shape index (κ1) is 17.3. The van der Waals surface area contributed by atoms with E-state index in [-0.39, 0.29) is 25.0 Å². The molecule has 0 aromatic rings. The maximum absolute atomic E-state index is 12.3. The summed E-state index contributed by atoms with van der Waals surface area (Å²) in [6.07, 6.45) is 7.81. The molecule has 3 atom stereocenters. The maximum atomic E-state index is 12.3. The molecule has 5 heteroatoms. The molecule has 2 fully saturated rings. The maximum Gasteiger partial charge on any atom is 0.303 e. The SMILES string of the molecule is CC1CCCCC1OCC(=O)N1CCCC(CCC(=O)O)C1. The van der Waals surface area contributed by atoms with Crippen molar-refractivity contribution in [2.24, 2.45) is 11.8 Å². The van der Waals surface area contributed by atoms with E-state index in [4.69, 9.17) is 9.84 Å². The monoisotopic (exact) mass is 311 g/mol. The minimum atomic E-state index is -0.752. The standard InChI is InChI=1S/C17H29NO4/c1-13-5-2-3-7-15(13)22-12-16(19)18-10-4-6-14(11-18)8-9-17(20)21/h13-15H,2-12H2,1H3,(H,20,21). The van der Waals surface area contributed by atoms with E-state index < -0.39 is 5.97 Å². The highest BCUT2D eigenvalue weighted by atomic mass is 16.5. The molecule has 2 rings (SSSR count). The van der Waals surface area contributed by atoms with Gasteiger partial charge in [0.25, 0.3) is 0 Å². The van der Waals surface area contributed by atoms with Gasteiger partial charge in [-0.3, -0.25) is 9.59 Å². The lowest BCUT2D eigenvalue weighted by Crippen LogP contribution is -2.42. The zero-order valence-corrected chi connectivity index (χ0v) is 13.6. The van der Waals surface area contributed by atoms with Crippen LogP contribution in [0.2, 0.25) is 0 Å². The van der Waals surface area contributed by atoms with Crippen molar-refractivity contribution in [3.63, 3.8) is 0 Å². The van der Waals surface area contributed by atoms with Crippen molar-refractivity contribution in [1.82, 2.24) is 4.90 Å². The summed E-state index contributed by atoms with van der Waals surface area (Å²) in [6, 6.07) is 0. The topological polar surface area (TPSA) is 66.8 Å². The van der Waals surface area contributed by atoms with Crippen LogP contribution in [0.4, 0.5) is 0 Å². The third kappa shape index (κ3) is 5.27. The van der Waals surface area contributed by atoms with Gasteiger partial charge >= 0.3 is 5.97 Å². The molecule has 1 amide bonds. The van der Waals surface area contributed by atoms with Gasteiger partial charge in [-0.15, -0.1) is 0 Å². The van der Waals surface area contributed by atoms with Crippen LogP contribution in [-0.4, -0.2) is 47.7 Å². The molecule has 0 bridgehead atoms. The van der Waals surface area contributed by atoms with Crippen LogP contribution in [0.3, 0.4) is 0 Å². The normalized spacial score (nSPS) is 29.3. The Kier molecular flexibility index (Phi) is 6.68. The van der Waals surface area contributed by atoms with Crippen LogP contribution in [0.15, 0.2) is 0 Å². The van der Waals surface area contributed by atoms with Gasteiger partial charge in [-0.2, -0.15) is 0 Å². The van der Waals surface area contributed by atoms with Gasteiger partial charge in [-0.25, -0.2) is 0 Å². The average molecular weight is 311 g/mol. The minimum Gasteiger partial charge on any atom is -0.481 e. The fourth-order valence-electron chi connectivity index (χ4n) is 3.65. The Morgan fingerprint density at radius 3 is 2.68 bits per heavy atom. The molecule has 1 saturated heterocycles. The molecule has 1 saturated carbocycles. The summed E-state index contributed by atoms with van der Waals surface area (Å²) in [7, 11) is 0. The summed E-state index contributed by atoms with van der Waals surface area (Å²) in [6.45, 7) is 3.86. The number of carboxylic acid groups (broad SMARTS) is 1. The molecule has 0 spiro atoms. The fraction of sp³-hybridized carbons (Fsp3) is 0.882. The minimum absolute atomic E-state index is 0.0674. The second kappa shape index (κ2) is 8.51. The smallest absolute Gasteiger partial charge is 0.303 e. The number of nitrogens with zero attached hydrogens (tertiary/aromatic N) is 1. The summed E-state index contributed by atoms with van der Waals surface area (Å²) in [5.74, 6) is 0.185. The van der Waals surface area contributed by atoms with Gasteiger partial charge in [0, 0.05) is 19.5 Å². The number of carboxylic acids is 1. The molecule has 0 aromatic heterocycles. The number of piperidine rings is 1. The molecule has 1 heterocycles. The Balaban J connectivity index is 1.73. The first-order valence-corrected chi connectivity index (χ1v) is 8.67. The Morgan fingerprint density at radius 1 is 1.18 bits per heavy atom. The Hall–Kier alpha value is -1.10. The van der Waals surface area contributed by atoms with Crippen molar-refractivity contribution in [2.75, 3.05) is 19.7 Å². The zero-order chi connectivity index (χ0) is 15.9. The third-order valence-corrected chi connectivity index (χ3v) is 5.09. The van der Waals surface area contributed by atoms with Gasteiger partial charge < -0.3 is 14.7 Å². The van der Waals surface area contributed by atoms with Crippen molar-refractivity contribution >= 4 is 11.9 Å². The molecule has 1 aliphatic heterocycles. The number of amides is 1. The van der Waals surface area contributed by atoms with Crippen molar-refractivity contribution in [2.45, 2.75) is 64.4 Å². The molecule has 0 radical (unpaired) electrons. The van der Waals surface area contributed by atoms with E-state index in [0.717, 1.165) is 25.8 Å². The molecular formula is C17H29NO4. The molecule has 3 unspecified atom stereocenters. The highest BCUT2D eigenvalue weighted by molar-refractivity contribution is 5.77.